The first-order valence-corrected chi connectivity index (χ1v) is 9.53. The van der Waals surface area contributed by atoms with Gasteiger partial charge in [-0.1, -0.05) is 11.1 Å². The van der Waals surface area contributed by atoms with Gasteiger partial charge in [0, 0.05) is 0 Å². The highest BCUT2D eigenvalue weighted by Gasteiger charge is 2.63. The van der Waals surface area contributed by atoms with Crippen LogP contribution in [0, 0.1) is 23.7 Å². The number of hydrazine groups is 1. The van der Waals surface area contributed by atoms with Gasteiger partial charge >= 0.3 is 0 Å². The van der Waals surface area contributed by atoms with Crippen molar-refractivity contribution in [3.8, 4) is 11.5 Å². The summed E-state index contributed by atoms with van der Waals surface area (Å²) in [5.41, 5.74) is 4.94. The van der Waals surface area contributed by atoms with E-state index < -0.39 is 5.91 Å². The molecule has 1 aromatic carbocycles. The molecule has 4 atom stereocenters. The number of fused-ring (bicyclic) bond motifs is 5. The number of ether oxygens (including phenoxy) is 2. The molecule has 0 spiro atoms. The van der Waals surface area contributed by atoms with E-state index in [2.05, 4.69) is 5.43 Å². The quantitative estimate of drug-likeness (QED) is 0.621. The van der Waals surface area contributed by atoms with E-state index in [0.717, 1.165) is 17.9 Å². The van der Waals surface area contributed by atoms with E-state index in [-0.39, 0.29) is 42.1 Å². The second-order valence-electron chi connectivity index (χ2n) is 7.81. The first-order chi connectivity index (χ1) is 13.4. The second kappa shape index (κ2) is 6.96. The molecule has 1 aliphatic heterocycles. The molecule has 7 nitrogen and oxygen atoms in total. The number of imide groups is 1. The van der Waals surface area contributed by atoms with E-state index in [9.17, 15) is 14.4 Å². The number of hydrogen-bond donors (Lipinski definition) is 1. The highest BCUT2D eigenvalue weighted by molar-refractivity contribution is 6.07. The van der Waals surface area contributed by atoms with Gasteiger partial charge in [0.15, 0.2) is 6.61 Å². The summed E-state index contributed by atoms with van der Waals surface area (Å²) in [6.45, 7) is 3.81. The molecule has 3 fully saturated rings. The van der Waals surface area contributed by atoms with Crippen LogP contribution in [0.3, 0.4) is 0 Å². The summed E-state index contributed by atoms with van der Waals surface area (Å²) in [6, 6.07) is 6.81. The van der Waals surface area contributed by atoms with Crippen molar-refractivity contribution in [3.63, 3.8) is 0 Å². The normalized spacial score (nSPS) is 27.8. The molecular weight excluding hydrogens is 360 g/mol. The fourth-order valence-electron chi connectivity index (χ4n) is 5.08. The summed E-state index contributed by atoms with van der Waals surface area (Å²) < 4.78 is 10.5. The fraction of sp³-hybridized carbons (Fsp3) is 0.476. The molecule has 2 saturated carbocycles. The summed E-state index contributed by atoms with van der Waals surface area (Å²) in [4.78, 5) is 37.9. The zero-order chi connectivity index (χ0) is 20.0. The Balaban J connectivity index is 1.39. The van der Waals surface area contributed by atoms with Crippen LogP contribution in [-0.2, 0) is 14.4 Å². The van der Waals surface area contributed by atoms with Gasteiger partial charge in [-0.15, -0.1) is 0 Å². The third-order valence-electron chi connectivity index (χ3n) is 6.10. The van der Waals surface area contributed by atoms with Crippen molar-refractivity contribution in [2.24, 2.45) is 23.7 Å². The maximum Gasteiger partial charge on any atom is 0.276 e. The Morgan fingerprint density at radius 3 is 2.07 bits per heavy atom. The van der Waals surface area contributed by atoms with Crippen molar-refractivity contribution in [2.45, 2.75) is 26.7 Å². The minimum atomic E-state index is -0.535. The Kier molecular flexibility index (Phi) is 4.61. The molecule has 2 aliphatic carbocycles. The number of benzene rings is 1. The molecule has 3 aliphatic rings. The predicted octanol–water partition coefficient (Wildman–Crippen LogP) is 2.08. The molecule has 1 heterocycles. The Morgan fingerprint density at radius 1 is 1.04 bits per heavy atom. The van der Waals surface area contributed by atoms with Crippen molar-refractivity contribution < 1.29 is 23.9 Å². The highest BCUT2D eigenvalue weighted by atomic mass is 16.5. The predicted molar refractivity (Wildman–Crippen MR) is 100 cm³/mol. The smallest absolute Gasteiger partial charge is 0.276 e. The van der Waals surface area contributed by atoms with E-state index >= 15 is 0 Å². The summed E-state index contributed by atoms with van der Waals surface area (Å²) in [5.74, 6) is -0.342. The molecule has 7 heteroatoms. The lowest BCUT2D eigenvalue weighted by Crippen LogP contribution is -2.49. The van der Waals surface area contributed by atoms with Crippen LogP contribution in [0.5, 0.6) is 11.5 Å². The van der Waals surface area contributed by atoms with Crippen molar-refractivity contribution >= 4 is 17.7 Å². The first-order valence-electron chi connectivity index (χ1n) is 9.53. The van der Waals surface area contributed by atoms with Crippen LogP contribution in [0.1, 0.15) is 26.7 Å². The van der Waals surface area contributed by atoms with Crippen molar-refractivity contribution in [1.82, 2.24) is 10.4 Å². The van der Waals surface area contributed by atoms with Crippen LogP contribution in [0.15, 0.2) is 35.4 Å². The molecule has 4 rings (SSSR count). The summed E-state index contributed by atoms with van der Waals surface area (Å²) in [6.07, 6.45) is 1.88. The van der Waals surface area contributed by atoms with Crippen LogP contribution >= 0.6 is 0 Å². The van der Waals surface area contributed by atoms with Gasteiger partial charge in [-0.25, -0.2) is 0 Å². The summed E-state index contributed by atoms with van der Waals surface area (Å²) in [7, 11) is 1.56. The molecule has 1 N–H and O–H groups in total. The van der Waals surface area contributed by atoms with Crippen molar-refractivity contribution in [2.75, 3.05) is 13.7 Å². The first kappa shape index (κ1) is 18.5. The maximum atomic E-state index is 12.8. The Labute approximate surface area is 163 Å². The van der Waals surface area contributed by atoms with Crippen molar-refractivity contribution in [1.29, 1.82) is 0 Å². The monoisotopic (exact) mass is 384 g/mol. The lowest BCUT2D eigenvalue weighted by atomic mass is 9.81. The molecule has 148 valence electrons. The molecular formula is C21H24N2O5. The number of carbonyl (C=O) groups is 3. The number of nitrogens with one attached hydrogen (secondary N) is 1. The molecule has 28 heavy (non-hydrogen) atoms. The van der Waals surface area contributed by atoms with Gasteiger partial charge in [-0.2, -0.15) is 5.01 Å². The summed E-state index contributed by atoms with van der Waals surface area (Å²) in [5, 5.41) is 0.919. The zero-order valence-electron chi connectivity index (χ0n) is 16.2. The minimum absolute atomic E-state index is 0.133. The molecule has 1 aromatic rings. The third-order valence-corrected chi connectivity index (χ3v) is 6.10. The molecule has 1 saturated heterocycles. The van der Waals surface area contributed by atoms with Gasteiger partial charge < -0.3 is 9.47 Å². The van der Waals surface area contributed by atoms with Crippen LogP contribution in [0.2, 0.25) is 0 Å². The SMILES string of the molecule is COc1ccc(OCC(=O)NN2C(=O)[C@@H]3[C@H](C2=O)[C@H]2CC[C@H]3C2=C(C)C)cc1. The molecule has 0 radical (unpaired) electrons. The maximum absolute atomic E-state index is 12.8. The van der Waals surface area contributed by atoms with E-state index in [0.29, 0.717) is 11.5 Å². The van der Waals surface area contributed by atoms with Crippen LogP contribution in [0.4, 0.5) is 0 Å². The Hall–Kier alpha value is -2.83. The average molecular weight is 384 g/mol. The number of rotatable bonds is 5. The number of hydrogen-bond acceptors (Lipinski definition) is 5. The fourth-order valence-corrected chi connectivity index (χ4v) is 5.08. The molecule has 0 aromatic heterocycles. The topological polar surface area (TPSA) is 84.9 Å². The standard InChI is InChI=1S/C21H24N2O5/c1-11(2)17-14-8-9-15(17)19-18(14)20(25)23(21(19)26)22-16(24)10-28-13-6-4-12(27-3)5-7-13/h4-7,14-15,18-19H,8-10H2,1-3H3,(H,22,24)/t14-,15-,18-,19+/m0/s1. The lowest BCUT2D eigenvalue weighted by molar-refractivity contribution is -0.150. The van der Waals surface area contributed by atoms with Crippen LogP contribution < -0.4 is 14.9 Å². The van der Waals surface area contributed by atoms with Crippen molar-refractivity contribution in [3.05, 3.63) is 35.4 Å². The molecule has 0 unspecified atom stereocenters. The third kappa shape index (κ3) is 2.85. The van der Waals surface area contributed by atoms with Gasteiger partial charge in [0.2, 0.25) is 0 Å². The molecule has 2 bridgehead atoms. The molecule has 3 amide bonds. The van der Waals surface area contributed by atoms with E-state index in [1.54, 1.807) is 31.4 Å². The second-order valence-corrected chi connectivity index (χ2v) is 7.81. The van der Waals surface area contributed by atoms with Crippen LogP contribution in [0.25, 0.3) is 0 Å². The Bertz CT molecular complexity index is 824. The highest BCUT2D eigenvalue weighted by Crippen LogP contribution is 2.59. The number of carbonyl (C=O) groups excluding carboxylic acids is 3. The Morgan fingerprint density at radius 2 is 1.57 bits per heavy atom. The zero-order valence-corrected chi connectivity index (χ0v) is 16.2. The number of methoxy groups -OCH3 is 1. The van der Waals surface area contributed by atoms with Gasteiger partial charge in [0.05, 0.1) is 18.9 Å². The van der Waals surface area contributed by atoms with E-state index in [1.807, 2.05) is 13.8 Å². The lowest BCUT2D eigenvalue weighted by Gasteiger charge is -2.19. The minimum Gasteiger partial charge on any atom is -0.497 e. The number of allylic oxidation sites excluding steroid dienone is 2. The number of nitrogens with zero attached hydrogens (tertiary/aromatic N) is 1. The van der Waals surface area contributed by atoms with Gasteiger partial charge in [0.1, 0.15) is 11.5 Å². The van der Waals surface area contributed by atoms with Gasteiger partial charge in [-0.3, -0.25) is 19.8 Å². The largest absolute Gasteiger partial charge is 0.497 e. The summed E-state index contributed by atoms with van der Waals surface area (Å²) >= 11 is 0. The van der Waals surface area contributed by atoms with E-state index in [1.165, 1.54) is 11.1 Å². The average Bonchev–Trinajstić information content (AvgIpc) is 3.33. The number of amides is 3. The van der Waals surface area contributed by atoms with Gasteiger partial charge in [-0.05, 0) is 62.8 Å². The van der Waals surface area contributed by atoms with Gasteiger partial charge in [0.25, 0.3) is 17.7 Å². The van der Waals surface area contributed by atoms with E-state index in [4.69, 9.17) is 9.47 Å². The van der Waals surface area contributed by atoms with Crippen LogP contribution in [-0.4, -0.2) is 36.4 Å².